The molecule has 0 spiro atoms. The fourth-order valence-electron chi connectivity index (χ4n) is 3.00. The highest BCUT2D eigenvalue weighted by atomic mass is 16.5. The maximum absolute atomic E-state index is 12.1. The first-order valence-corrected chi connectivity index (χ1v) is 9.94. The number of hydrogen-bond acceptors (Lipinski definition) is 6. The summed E-state index contributed by atoms with van der Waals surface area (Å²) < 4.78 is 21.3. The average Bonchev–Trinajstić information content (AvgIpc) is 2.73. The number of rotatable bonds is 11. The van der Waals surface area contributed by atoms with E-state index in [1.807, 2.05) is 6.07 Å². The highest BCUT2D eigenvalue weighted by Crippen LogP contribution is 2.22. The summed E-state index contributed by atoms with van der Waals surface area (Å²) >= 11 is 0. The number of methoxy groups -OCH3 is 2. The zero-order valence-electron chi connectivity index (χ0n) is 18.2. The van der Waals surface area contributed by atoms with Gasteiger partial charge < -0.3 is 24.1 Å². The molecule has 0 bridgehead atoms. The van der Waals surface area contributed by atoms with Crippen LogP contribution in [0.1, 0.15) is 25.0 Å². The number of carboxylic acid groups (broad SMARTS) is 1. The molecular weight excluding hydrogens is 402 g/mol. The molecule has 8 nitrogen and oxygen atoms in total. The molecule has 2 aromatic rings. The first kappa shape index (κ1) is 24.0. The van der Waals surface area contributed by atoms with Crippen LogP contribution >= 0.6 is 0 Å². The van der Waals surface area contributed by atoms with E-state index in [-0.39, 0.29) is 19.1 Å². The molecule has 0 heterocycles. The van der Waals surface area contributed by atoms with E-state index in [1.165, 1.54) is 0 Å². The number of aliphatic carboxylic acids is 1. The van der Waals surface area contributed by atoms with Crippen LogP contribution < -0.4 is 14.8 Å². The van der Waals surface area contributed by atoms with Gasteiger partial charge in [-0.25, -0.2) is 9.59 Å². The molecule has 31 heavy (non-hydrogen) atoms. The van der Waals surface area contributed by atoms with Crippen LogP contribution in [0.2, 0.25) is 0 Å². The molecule has 0 aromatic heterocycles. The summed E-state index contributed by atoms with van der Waals surface area (Å²) in [7, 11) is 3.10. The molecule has 1 amide bonds. The van der Waals surface area contributed by atoms with Gasteiger partial charge in [0.05, 0.1) is 26.9 Å². The van der Waals surface area contributed by atoms with Crippen molar-refractivity contribution in [1.29, 1.82) is 0 Å². The molecule has 168 valence electrons. The van der Waals surface area contributed by atoms with Gasteiger partial charge in [0.1, 0.15) is 11.5 Å². The zero-order valence-corrected chi connectivity index (χ0v) is 18.2. The van der Waals surface area contributed by atoms with Crippen LogP contribution in [0.3, 0.4) is 0 Å². The highest BCUT2D eigenvalue weighted by molar-refractivity contribution is 5.84. The lowest BCUT2D eigenvalue weighted by Crippen LogP contribution is -2.29. The molecule has 0 aliphatic rings. The van der Waals surface area contributed by atoms with Crippen molar-refractivity contribution >= 4 is 17.7 Å². The summed E-state index contributed by atoms with van der Waals surface area (Å²) in [5.41, 5.74) is 2.17. The van der Waals surface area contributed by atoms with Crippen molar-refractivity contribution < 1.29 is 33.6 Å². The maximum Gasteiger partial charge on any atom is 0.411 e. The second-order valence-corrected chi connectivity index (χ2v) is 7.10. The third kappa shape index (κ3) is 7.82. The Kier molecular flexibility index (Phi) is 9.14. The zero-order chi connectivity index (χ0) is 22.8. The number of hydrogen-bond donors (Lipinski definition) is 2. The van der Waals surface area contributed by atoms with Crippen molar-refractivity contribution in [2.45, 2.75) is 38.9 Å². The van der Waals surface area contributed by atoms with Gasteiger partial charge in [-0.3, -0.25) is 5.32 Å². The number of carbonyl (C=O) groups excluding carboxylic acids is 1. The van der Waals surface area contributed by atoms with Gasteiger partial charge in [0.2, 0.25) is 0 Å². The summed E-state index contributed by atoms with van der Waals surface area (Å²) in [5.74, 6) is 0.251. The molecule has 2 rings (SSSR count). The van der Waals surface area contributed by atoms with E-state index < -0.39 is 18.2 Å². The second-order valence-electron chi connectivity index (χ2n) is 7.10. The predicted molar refractivity (Wildman–Crippen MR) is 116 cm³/mol. The van der Waals surface area contributed by atoms with Crippen LogP contribution in [0.25, 0.3) is 0 Å². The molecular formula is C23H29NO7. The van der Waals surface area contributed by atoms with Crippen molar-refractivity contribution in [2.24, 2.45) is 0 Å². The molecule has 0 radical (unpaired) electrons. The fraction of sp³-hybridized carbons (Fsp3) is 0.391. The summed E-state index contributed by atoms with van der Waals surface area (Å²) in [6.07, 6.45) is -1.09. The summed E-state index contributed by atoms with van der Waals surface area (Å²) in [6, 6.07) is 12.4. The van der Waals surface area contributed by atoms with E-state index in [0.717, 1.165) is 11.1 Å². The first-order valence-electron chi connectivity index (χ1n) is 9.94. The Morgan fingerprint density at radius 1 is 1.06 bits per heavy atom. The normalized spacial score (nSPS) is 11.6. The van der Waals surface area contributed by atoms with Gasteiger partial charge >= 0.3 is 12.1 Å². The van der Waals surface area contributed by atoms with Gasteiger partial charge in [-0.15, -0.1) is 0 Å². The first-order chi connectivity index (χ1) is 14.8. The van der Waals surface area contributed by atoms with Crippen molar-refractivity contribution in [2.75, 3.05) is 26.1 Å². The van der Waals surface area contributed by atoms with E-state index in [9.17, 15) is 14.7 Å². The SMILES string of the molecule is COc1cccc(NC(=O)OCCc2cc(CC(OC(C)C)C(=O)O)ccc2OC)c1. The van der Waals surface area contributed by atoms with Crippen LogP contribution in [-0.2, 0) is 27.1 Å². The minimum absolute atomic E-state index is 0.125. The standard InChI is InChI=1S/C23H29NO7/c1-15(2)31-21(22(25)26)13-16-8-9-20(29-4)17(12-16)10-11-30-23(27)24-18-6-5-7-19(14-18)28-3/h5-9,12,14-15,21H,10-11,13H2,1-4H3,(H,24,27)(H,25,26). The molecule has 1 unspecified atom stereocenters. The Labute approximate surface area is 182 Å². The van der Waals surface area contributed by atoms with Crippen molar-refractivity contribution in [3.05, 3.63) is 53.6 Å². The lowest BCUT2D eigenvalue weighted by Gasteiger charge is -2.17. The summed E-state index contributed by atoms with van der Waals surface area (Å²) in [4.78, 5) is 23.5. The number of benzene rings is 2. The van der Waals surface area contributed by atoms with Crippen LogP contribution in [-0.4, -0.2) is 50.2 Å². The van der Waals surface area contributed by atoms with E-state index in [0.29, 0.717) is 23.6 Å². The third-order valence-electron chi connectivity index (χ3n) is 4.40. The summed E-state index contributed by atoms with van der Waals surface area (Å²) in [6.45, 7) is 3.72. The van der Waals surface area contributed by atoms with Crippen molar-refractivity contribution in [3.8, 4) is 11.5 Å². The number of carboxylic acids is 1. The van der Waals surface area contributed by atoms with Crippen molar-refractivity contribution in [1.82, 2.24) is 0 Å². The number of carbonyl (C=O) groups is 2. The Morgan fingerprint density at radius 2 is 1.84 bits per heavy atom. The molecule has 2 aromatic carbocycles. The Hall–Kier alpha value is -3.26. The summed E-state index contributed by atoms with van der Waals surface area (Å²) in [5, 5.41) is 12.0. The van der Waals surface area contributed by atoms with Gasteiger partial charge in [-0.1, -0.05) is 18.2 Å². The quantitative estimate of drug-likeness (QED) is 0.556. The topological polar surface area (TPSA) is 103 Å². The highest BCUT2D eigenvalue weighted by Gasteiger charge is 2.20. The number of amides is 1. The average molecular weight is 431 g/mol. The van der Waals surface area contributed by atoms with Gasteiger partial charge in [0, 0.05) is 24.6 Å². The van der Waals surface area contributed by atoms with E-state index in [4.69, 9.17) is 18.9 Å². The second kappa shape index (κ2) is 11.8. The van der Waals surface area contributed by atoms with E-state index >= 15 is 0 Å². The van der Waals surface area contributed by atoms with Crippen LogP contribution in [0.15, 0.2) is 42.5 Å². The van der Waals surface area contributed by atoms with Gasteiger partial charge in [-0.2, -0.15) is 0 Å². The minimum Gasteiger partial charge on any atom is -0.497 e. The molecule has 8 heteroatoms. The van der Waals surface area contributed by atoms with Crippen LogP contribution in [0.4, 0.5) is 10.5 Å². The van der Waals surface area contributed by atoms with E-state index in [1.54, 1.807) is 64.5 Å². The Bertz CT molecular complexity index is 882. The molecule has 0 aliphatic heterocycles. The molecule has 0 fully saturated rings. The lowest BCUT2D eigenvalue weighted by atomic mass is 10.0. The van der Waals surface area contributed by atoms with Gasteiger partial charge in [0.25, 0.3) is 0 Å². The Morgan fingerprint density at radius 3 is 2.48 bits per heavy atom. The number of anilines is 1. The Balaban J connectivity index is 1.97. The molecule has 0 saturated heterocycles. The van der Waals surface area contributed by atoms with Crippen LogP contribution in [0, 0.1) is 0 Å². The molecule has 0 aliphatic carbocycles. The molecule has 2 N–H and O–H groups in total. The van der Waals surface area contributed by atoms with E-state index in [2.05, 4.69) is 5.32 Å². The van der Waals surface area contributed by atoms with Crippen LogP contribution in [0.5, 0.6) is 11.5 Å². The van der Waals surface area contributed by atoms with Gasteiger partial charge in [0.15, 0.2) is 6.10 Å². The van der Waals surface area contributed by atoms with Crippen molar-refractivity contribution in [3.63, 3.8) is 0 Å². The maximum atomic E-state index is 12.1. The largest absolute Gasteiger partial charge is 0.497 e. The van der Waals surface area contributed by atoms with Gasteiger partial charge in [-0.05, 0) is 43.2 Å². The fourth-order valence-corrected chi connectivity index (χ4v) is 3.00. The minimum atomic E-state index is -1.01. The monoisotopic (exact) mass is 431 g/mol. The smallest absolute Gasteiger partial charge is 0.411 e. The lowest BCUT2D eigenvalue weighted by molar-refractivity contribution is -0.153. The third-order valence-corrected chi connectivity index (χ3v) is 4.40. The molecule has 1 atom stereocenters. The predicted octanol–water partition coefficient (Wildman–Crippen LogP) is 3.92. The number of nitrogens with one attached hydrogen (secondary N) is 1. The molecule has 0 saturated carbocycles. The number of ether oxygens (including phenoxy) is 4.